The molecular weight excluding hydrogens is 316 g/mol. The number of rotatable bonds is 5. The molecule has 1 aromatic carbocycles. The van der Waals surface area contributed by atoms with Crippen LogP contribution in [0.2, 0.25) is 5.02 Å². The Bertz CT molecular complexity index is 684. The lowest BCUT2D eigenvalue weighted by Gasteiger charge is -2.22. The second kappa shape index (κ2) is 7.82. The summed E-state index contributed by atoms with van der Waals surface area (Å²) in [4.78, 5) is 10.5. The number of nitrogens with one attached hydrogen (secondary N) is 1. The van der Waals surface area contributed by atoms with Gasteiger partial charge in [0.1, 0.15) is 17.9 Å². The molecule has 2 aromatic rings. The molecular formula is C15H21ClN6O. The van der Waals surface area contributed by atoms with Crippen molar-refractivity contribution in [3.8, 4) is 5.75 Å². The maximum absolute atomic E-state index is 5.98. The van der Waals surface area contributed by atoms with Gasteiger partial charge in [-0.1, -0.05) is 17.7 Å². The van der Waals surface area contributed by atoms with Gasteiger partial charge in [0.25, 0.3) is 0 Å². The number of aromatic nitrogens is 3. The molecule has 0 bridgehead atoms. The predicted molar refractivity (Wildman–Crippen MR) is 90.7 cm³/mol. The number of aryl methyl sites for hydroxylation is 1. The standard InChI is InChI=1S/C15H21ClN6O/c1-17-15(21(2)9-14-19-10-20-22(14)3)18-8-11-5-6-12(16)7-13(11)23-4/h5-7,10H,8-9H2,1-4H3,(H,17,18). The third kappa shape index (κ3) is 4.35. The van der Waals surface area contributed by atoms with Crippen molar-refractivity contribution in [2.24, 2.45) is 12.0 Å². The quantitative estimate of drug-likeness (QED) is 0.664. The van der Waals surface area contributed by atoms with E-state index in [0.717, 1.165) is 23.1 Å². The third-order valence-corrected chi connectivity index (χ3v) is 3.68. The predicted octanol–water partition coefficient (Wildman–Crippen LogP) is 1.68. The zero-order valence-electron chi connectivity index (χ0n) is 13.7. The zero-order chi connectivity index (χ0) is 16.8. The summed E-state index contributed by atoms with van der Waals surface area (Å²) in [6.45, 7) is 1.18. The van der Waals surface area contributed by atoms with Crippen LogP contribution in [0.1, 0.15) is 11.4 Å². The summed E-state index contributed by atoms with van der Waals surface area (Å²) in [6, 6.07) is 5.57. The lowest BCUT2D eigenvalue weighted by Crippen LogP contribution is -2.38. The summed E-state index contributed by atoms with van der Waals surface area (Å²) < 4.78 is 7.10. The summed E-state index contributed by atoms with van der Waals surface area (Å²) in [5.41, 5.74) is 1.00. The Balaban J connectivity index is 2.01. The van der Waals surface area contributed by atoms with Crippen LogP contribution in [0.3, 0.4) is 0 Å². The summed E-state index contributed by atoms with van der Waals surface area (Å²) >= 11 is 5.98. The van der Waals surface area contributed by atoms with Gasteiger partial charge in [0, 0.05) is 38.3 Å². The number of methoxy groups -OCH3 is 1. The van der Waals surface area contributed by atoms with Crippen LogP contribution < -0.4 is 10.1 Å². The van der Waals surface area contributed by atoms with Gasteiger partial charge in [0.2, 0.25) is 0 Å². The lowest BCUT2D eigenvalue weighted by atomic mass is 10.2. The number of ether oxygens (including phenoxy) is 1. The molecule has 0 radical (unpaired) electrons. The first-order valence-electron chi connectivity index (χ1n) is 7.12. The zero-order valence-corrected chi connectivity index (χ0v) is 14.5. The van der Waals surface area contributed by atoms with Crippen LogP contribution in [0.4, 0.5) is 0 Å². The first-order valence-corrected chi connectivity index (χ1v) is 7.50. The second-order valence-corrected chi connectivity index (χ2v) is 5.45. The first kappa shape index (κ1) is 17.1. The minimum Gasteiger partial charge on any atom is -0.496 e. The Morgan fingerprint density at radius 2 is 2.26 bits per heavy atom. The minimum atomic E-state index is 0.580. The molecule has 0 amide bonds. The van der Waals surface area contributed by atoms with E-state index in [1.807, 2.05) is 31.1 Å². The van der Waals surface area contributed by atoms with E-state index < -0.39 is 0 Å². The van der Waals surface area contributed by atoms with Gasteiger partial charge in [-0.2, -0.15) is 5.10 Å². The average Bonchev–Trinajstić information content (AvgIpc) is 2.94. The van der Waals surface area contributed by atoms with Gasteiger partial charge in [0.15, 0.2) is 5.96 Å². The summed E-state index contributed by atoms with van der Waals surface area (Å²) in [6.07, 6.45) is 1.54. The van der Waals surface area contributed by atoms with E-state index in [9.17, 15) is 0 Å². The number of hydrogen-bond acceptors (Lipinski definition) is 4. The van der Waals surface area contributed by atoms with Crippen LogP contribution in [0.15, 0.2) is 29.5 Å². The van der Waals surface area contributed by atoms with Gasteiger partial charge in [-0.15, -0.1) is 0 Å². The molecule has 0 aliphatic rings. The van der Waals surface area contributed by atoms with Crippen molar-refractivity contribution in [1.29, 1.82) is 0 Å². The van der Waals surface area contributed by atoms with E-state index in [1.165, 1.54) is 6.33 Å². The Labute approximate surface area is 140 Å². The molecule has 0 spiro atoms. The van der Waals surface area contributed by atoms with E-state index in [2.05, 4.69) is 20.4 Å². The Morgan fingerprint density at radius 3 is 2.87 bits per heavy atom. The van der Waals surface area contributed by atoms with Gasteiger partial charge in [0.05, 0.1) is 13.7 Å². The number of halogens is 1. The molecule has 1 heterocycles. The van der Waals surface area contributed by atoms with E-state index in [4.69, 9.17) is 16.3 Å². The van der Waals surface area contributed by atoms with Crippen molar-refractivity contribution in [3.63, 3.8) is 0 Å². The van der Waals surface area contributed by atoms with Gasteiger partial charge in [-0.05, 0) is 12.1 Å². The number of benzene rings is 1. The molecule has 2 rings (SSSR count). The molecule has 0 aliphatic carbocycles. The maximum Gasteiger partial charge on any atom is 0.194 e. The van der Waals surface area contributed by atoms with Gasteiger partial charge in [-0.3, -0.25) is 9.67 Å². The number of hydrogen-bond donors (Lipinski definition) is 1. The van der Waals surface area contributed by atoms with Gasteiger partial charge in [-0.25, -0.2) is 4.98 Å². The van der Waals surface area contributed by atoms with Crippen molar-refractivity contribution in [2.75, 3.05) is 21.2 Å². The molecule has 0 aliphatic heterocycles. The molecule has 7 nitrogen and oxygen atoms in total. The fourth-order valence-electron chi connectivity index (χ4n) is 2.17. The monoisotopic (exact) mass is 336 g/mol. The molecule has 0 unspecified atom stereocenters. The molecule has 0 saturated heterocycles. The number of nitrogens with zero attached hydrogens (tertiary/aromatic N) is 5. The van der Waals surface area contributed by atoms with Crippen LogP contribution in [0.25, 0.3) is 0 Å². The first-order chi connectivity index (χ1) is 11.0. The van der Waals surface area contributed by atoms with E-state index in [1.54, 1.807) is 24.9 Å². The fraction of sp³-hybridized carbons (Fsp3) is 0.400. The largest absolute Gasteiger partial charge is 0.496 e. The number of guanidine groups is 1. The number of aliphatic imine (C=N–C) groups is 1. The van der Waals surface area contributed by atoms with Crippen molar-refractivity contribution in [2.45, 2.75) is 13.1 Å². The fourth-order valence-corrected chi connectivity index (χ4v) is 2.34. The molecule has 1 aromatic heterocycles. The van der Waals surface area contributed by atoms with Crippen molar-refractivity contribution in [3.05, 3.63) is 40.9 Å². The molecule has 0 saturated carbocycles. The summed E-state index contributed by atoms with van der Waals surface area (Å²) in [5, 5.41) is 8.02. The highest BCUT2D eigenvalue weighted by Crippen LogP contribution is 2.22. The van der Waals surface area contributed by atoms with Crippen LogP contribution in [0.5, 0.6) is 5.75 Å². The topological polar surface area (TPSA) is 67.6 Å². The SMILES string of the molecule is CN=C(NCc1ccc(Cl)cc1OC)N(C)Cc1ncnn1C. The Kier molecular flexibility index (Phi) is 5.81. The average molecular weight is 337 g/mol. The molecule has 1 N–H and O–H groups in total. The van der Waals surface area contributed by atoms with Crippen molar-refractivity contribution < 1.29 is 4.74 Å². The van der Waals surface area contributed by atoms with E-state index >= 15 is 0 Å². The second-order valence-electron chi connectivity index (χ2n) is 5.01. The molecule has 0 fully saturated rings. The van der Waals surface area contributed by atoms with Crippen LogP contribution in [0, 0.1) is 0 Å². The molecule has 0 atom stereocenters. The van der Waals surface area contributed by atoms with Gasteiger partial charge >= 0.3 is 0 Å². The Hall–Kier alpha value is -2.28. The highest BCUT2D eigenvalue weighted by Gasteiger charge is 2.11. The maximum atomic E-state index is 5.98. The smallest absolute Gasteiger partial charge is 0.194 e. The normalized spacial score (nSPS) is 11.4. The minimum absolute atomic E-state index is 0.580. The molecule has 8 heteroatoms. The van der Waals surface area contributed by atoms with Crippen LogP contribution in [-0.2, 0) is 20.1 Å². The highest BCUT2D eigenvalue weighted by molar-refractivity contribution is 6.30. The van der Waals surface area contributed by atoms with Gasteiger partial charge < -0.3 is 15.0 Å². The Morgan fingerprint density at radius 1 is 1.48 bits per heavy atom. The van der Waals surface area contributed by atoms with E-state index in [-0.39, 0.29) is 0 Å². The summed E-state index contributed by atoms with van der Waals surface area (Å²) in [5.74, 6) is 2.36. The molecule has 23 heavy (non-hydrogen) atoms. The van der Waals surface area contributed by atoms with Crippen molar-refractivity contribution in [1.82, 2.24) is 25.0 Å². The van der Waals surface area contributed by atoms with Crippen molar-refractivity contribution >= 4 is 17.6 Å². The molecule has 124 valence electrons. The summed E-state index contributed by atoms with van der Waals surface area (Å²) in [7, 11) is 7.19. The lowest BCUT2D eigenvalue weighted by molar-refractivity contribution is 0.407. The van der Waals surface area contributed by atoms with E-state index in [0.29, 0.717) is 18.1 Å². The third-order valence-electron chi connectivity index (χ3n) is 3.44. The van der Waals surface area contributed by atoms with Crippen LogP contribution >= 0.6 is 11.6 Å². The highest BCUT2D eigenvalue weighted by atomic mass is 35.5. The van der Waals surface area contributed by atoms with Crippen LogP contribution in [-0.4, -0.2) is 46.8 Å².